The van der Waals surface area contributed by atoms with Crippen LogP contribution in [0, 0.1) is 3.57 Å². The molecule has 3 nitrogen and oxygen atoms in total. The van der Waals surface area contributed by atoms with Gasteiger partial charge in [-0.3, -0.25) is 10.0 Å². The summed E-state index contributed by atoms with van der Waals surface area (Å²) in [5.41, 5.74) is 1.79. The molecule has 2 N–H and O–H groups in total. The monoisotopic (exact) mass is 297 g/mol. The largest absolute Gasteiger partial charge is 0.288 e. The number of nitrogens with one attached hydrogen (secondary N) is 1. The zero-order valence-electron chi connectivity index (χ0n) is 5.84. The minimum Gasteiger partial charge on any atom is -0.288 e. The Labute approximate surface area is 87.8 Å². The fraction of sp³-hybridized carbons (Fsp3) is 0. The molecule has 0 saturated heterocycles. The molecule has 0 aliphatic rings. The normalized spacial score (nSPS) is 9.58. The van der Waals surface area contributed by atoms with Gasteiger partial charge in [-0.1, -0.05) is 11.6 Å². The van der Waals surface area contributed by atoms with Gasteiger partial charge in [0.25, 0.3) is 5.91 Å². The number of hydroxylamine groups is 1. The molecule has 0 fully saturated rings. The van der Waals surface area contributed by atoms with E-state index < -0.39 is 5.91 Å². The van der Waals surface area contributed by atoms with Crippen LogP contribution in [0.25, 0.3) is 0 Å². The van der Waals surface area contributed by atoms with Crippen LogP contribution in [0.5, 0.6) is 0 Å². The van der Waals surface area contributed by atoms with E-state index in [1.165, 1.54) is 5.48 Å². The summed E-state index contributed by atoms with van der Waals surface area (Å²) in [6.07, 6.45) is 0. The van der Waals surface area contributed by atoms with Crippen LogP contribution in [0.3, 0.4) is 0 Å². The highest BCUT2D eigenvalue weighted by Crippen LogP contribution is 2.18. The molecule has 1 rings (SSSR count). The highest BCUT2D eigenvalue weighted by Gasteiger charge is 2.08. The minimum atomic E-state index is -0.599. The first-order valence-corrected chi connectivity index (χ1v) is 4.50. The molecule has 1 amide bonds. The third-order valence-electron chi connectivity index (χ3n) is 1.27. The van der Waals surface area contributed by atoms with Crippen molar-refractivity contribution >= 4 is 40.1 Å². The van der Waals surface area contributed by atoms with E-state index >= 15 is 0 Å². The number of carbonyl (C=O) groups is 1. The second kappa shape index (κ2) is 4.06. The number of halogens is 2. The summed E-state index contributed by atoms with van der Waals surface area (Å²) >= 11 is 7.75. The Morgan fingerprint density at radius 3 is 2.83 bits per heavy atom. The van der Waals surface area contributed by atoms with Gasteiger partial charge in [-0.15, -0.1) is 0 Å². The molecule has 1 aromatic rings. The molecule has 0 heterocycles. The molecule has 0 aliphatic heterocycles. The molecule has 64 valence electrons. The minimum absolute atomic E-state index is 0.270. The fourth-order valence-corrected chi connectivity index (χ4v) is 1.43. The summed E-state index contributed by atoms with van der Waals surface area (Å²) in [6.45, 7) is 0. The molecule has 0 aromatic heterocycles. The van der Waals surface area contributed by atoms with Crippen molar-refractivity contribution < 1.29 is 10.0 Å². The Balaban J connectivity index is 3.13. The van der Waals surface area contributed by atoms with E-state index in [1.54, 1.807) is 18.2 Å². The van der Waals surface area contributed by atoms with Gasteiger partial charge in [0.05, 0.1) is 10.6 Å². The molecule has 0 aliphatic carbocycles. The number of carbonyl (C=O) groups excluding carboxylic acids is 1. The summed E-state index contributed by atoms with van der Waals surface area (Å²) < 4.78 is 0.885. The van der Waals surface area contributed by atoms with Crippen molar-refractivity contribution in [3.8, 4) is 0 Å². The number of hydrogen-bond donors (Lipinski definition) is 2. The maximum atomic E-state index is 10.9. The maximum Gasteiger partial charge on any atom is 0.276 e. The zero-order valence-corrected chi connectivity index (χ0v) is 8.76. The van der Waals surface area contributed by atoms with E-state index in [2.05, 4.69) is 22.6 Å². The molecule has 0 bridgehead atoms. The maximum absolute atomic E-state index is 10.9. The van der Waals surface area contributed by atoms with E-state index in [0.29, 0.717) is 5.02 Å². The fourth-order valence-electron chi connectivity index (χ4n) is 0.732. The summed E-state index contributed by atoms with van der Waals surface area (Å²) in [6, 6.07) is 4.97. The van der Waals surface area contributed by atoms with Crippen molar-refractivity contribution in [2.45, 2.75) is 0 Å². The molecule has 12 heavy (non-hydrogen) atoms. The smallest absolute Gasteiger partial charge is 0.276 e. The molecular formula is C7H5ClINO2. The van der Waals surface area contributed by atoms with Crippen LogP contribution in [0.4, 0.5) is 0 Å². The summed E-state index contributed by atoms with van der Waals surface area (Å²) in [4.78, 5) is 10.9. The van der Waals surface area contributed by atoms with Crippen molar-refractivity contribution in [3.63, 3.8) is 0 Å². The molecule has 0 radical (unpaired) electrons. The van der Waals surface area contributed by atoms with Crippen LogP contribution in [-0.4, -0.2) is 11.1 Å². The third-order valence-corrected chi connectivity index (χ3v) is 2.28. The first-order chi connectivity index (χ1) is 5.65. The lowest BCUT2D eigenvalue weighted by molar-refractivity contribution is 0.0706. The van der Waals surface area contributed by atoms with Gasteiger partial charge in [0.1, 0.15) is 0 Å². The summed E-state index contributed by atoms with van der Waals surface area (Å²) in [5.74, 6) is -0.599. The number of rotatable bonds is 1. The number of amides is 1. The Morgan fingerprint density at radius 1 is 1.58 bits per heavy atom. The lowest BCUT2D eigenvalue weighted by atomic mass is 10.2. The number of benzene rings is 1. The van der Waals surface area contributed by atoms with Gasteiger partial charge >= 0.3 is 0 Å². The van der Waals surface area contributed by atoms with Gasteiger partial charge in [0.2, 0.25) is 0 Å². The molecule has 0 spiro atoms. The second-order valence-electron chi connectivity index (χ2n) is 2.07. The van der Waals surface area contributed by atoms with Crippen LogP contribution in [0.2, 0.25) is 5.02 Å². The van der Waals surface area contributed by atoms with Crippen LogP contribution in [0.15, 0.2) is 18.2 Å². The molecule has 0 saturated carbocycles. The van der Waals surface area contributed by atoms with Gasteiger partial charge < -0.3 is 0 Å². The SMILES string of the molecule is O=C(NO)c1cc(I)ccc1Cl. The molecule has 0 unspecified atom stereocenters. The van der Waals surface area contributed by atoms with Crippen molar-refractivity contribution in [1.29, 1.82) is 0 Å². The first kappa shape index (κ1) is 9.76. The Hall–Kier alpha value is -0.330. The van der Waals surface area contributed by atoms with E-state index in [9.17, 15) is 4.79 Å². The Kier molecular flexibility index (Phi) is 3.30. The highest BCUT2D eigenvalue weighted by atomic mass is 127. The van der Waals surface area contributed by atoms with E-state index in [4.69, 9.17) is 16.8 Å². The topological polar surface area (TPSA) is 49.3 Å². The van der Waals surface area contributed by atoms with Gasteiger partial charge in [0.15, 0.2) is 0 Å². The van der Waals surface area contributed by atoms with Crippen LogP contribution in [0.1, 0.15) is 10.4 Å². The lowest BCUT2D eigenvalue weighted by Gasteiger charge is -2.01. The van der Waals surface area contributed by atoms with E-state index in [0.717, 1.165) is 3.57 Å². The van der Waals surface area contributed by atoms with E-state index in [-0.39, 0.29) is 5.56 Å². The predicted molar refractivity (Wildman–Crippen MR) is 53.4 cm³/mol. The highest BCUT2D eigenvalue weighted by molar-refractivity contribution is 14.1. The van der Waals surface area contributed by atoms with Crippen molar-refractivity contribution in [2.75, 3.05) is 0 Å². The van der Waals surface area contributed by atoms with Crippen LogP contribution >= 0.6 is 34.2 Å². The van der Waals surface area contributed by atoms with Crippen molar-refractivity contribution in [3.05, 3.63) is 32.4 Å². The quantitative estimate of drug-likeness (QED) is 0.473. The van der Waals surface area contributed by atoms with Gasteiger partial charge in [0, 0.05) is 3.57 Å². The molecule has 1 aromatic carbocycles. The van der Waals surface area contributed by atoms with Crippen molar-refractivity contribution in [2.24, 2.45) is 0 Å². The summed E-state index contributed by atoms with van der Waals surface area (Å²) in [7, 11) is 0. The number of hydrogen-bond acceptors (Lipinski definition) is 2. The first-order valence-electron chi connectivity index (χ1n) is 3.04. The standard InChI is InChI=1S/C7H5ClINO2/c8-6-2-1-4(9)3-5(6)7(11)10-12/h1-3,12H,(H,10,11). The predicted octanol–water partition coefficient (Wildman–Crippen LogP) is 2.06. The van der Waals surface area contributed by atoms with Crippen molar-refractivity contribution in [1.82, 2.24) is 5.48 Å². The Bertz CT molecular complexity index is 316. The Morgan fingerprint density at radius 2 is 2.25 bits per heavy atom. The average molecular weight is 297 g/mol. The average Bonchev–Trinajstić information content (AvgIpc) is 2.08. The van der Waals surface area contributed by atoms with Gasteiger partial charge in [-0.25, -0.2) is 5.48 Å². The molecular weight excluding hydrogens is 292 g/mol. The third kappa shape index (κ3) is 2.09. The molecule has 5 heteroatoms. The lowest BCUT2D eigenvalue weighted by Crippen LogP contribution is -2.19. The van der Waals surface area contributed by atoms with Gasteiger partial charge in [-0.05, 0) is 40.8 Å². The van der Waals surface area contributed by atoms with Crippen LogP contribution < -0.4 is 5.48 Å². The zero-order chi connectivity index (χ0) is 9.14. The molecule has 0 atom stereocenters. The van der Waals surface area contributed by atoms with E-state index in [1.807, 2.05) is 0 Å². The van der Waals surface area contributed by atoms with Crippen LogP contribution in [-0.2, 0) is 0 Å². The summed E-state index contributed by atoms with van der Waals surface area (Å²) in [5, 5.41) is 8.66. The van der Waals surface area contributed by atoms with Gasteiger partial charge in [-0.2, -0.15) is 0 Å². The second-order valence-corrected chi connectivity index (χ2v) is 3.72.